The molecular weight excluding hydrogens is 388 g/mol. The topological polar surface area (TPSA) is 60.2 Å². The van der Waals surface area contributed by atoms with E-state index in [1.807, 2.05) is 47.5 Å². The molecule has 0 spiro atoms. The Bertz CT molecular complexity index is 1020. The van der Waals surface area contributed by atoms with Gasteiger partial charge in [-0.2, -0.15) is 0 Å². The maximum atomic E-state index is 13.4. The summed E-state index contributed by atoms with van der Waals surface area (Å²) >= 11 is 0. The number of hydrogen-bond donors (Lipinski definition) is 0. The molecule has 0 N–H and O–H groups in total. The number of carbonyl (C=O) groups is 1. The molecular formula is C25H32N4O2. The van der Waals surface area contributed by atoms with Crippen molar-refractivity contribution < 1.29 is 9.53 Å². The second-order valence-corrected chi connectivity index (χ2v) is 8.82. The molecule has 1 aromatic carbocycles. The maximum absolute atomic E-state index is 13.4. The first-order chi connectivity index (χ1) is 15.1. The third-order valence-corrected chi connectivity index (χ3v) is 6.14. The minimum absolute atomic E-state index is 0.0290. The molecule has 1 amide bonds. The van der Waals surface area contributed by atoms with Crippen LogP contribution < -0.4 is 4.74 Å². The van der Waals surface area contributed by atoms with Crippen LogP contribution in [-0.4, -0.2) is 39.0 Å². The van der Waals surface area contributed by atoms with Crippen molar-refractivity contribution in [3.05, 3.63) is 54.0 Å². The lowest BCUT2D eigenvalue weighted by Crippen LogP contribution is -2.33. The summed E-state index contributed by atoms with van der Waals surface area (Å²) in [7, 11) is 1.63. The van der Waals surface area contributed by atoms with Crippen LogP contribution in [0.5, 0.6) is 5.75 Å². The van der Waals surface area contributed by atoms with Crippen molar-refractivity contribution in [2.75, 3.05) is 13.7 Å². The summed E-state index contributed by atoms with van der Waals surface area (Å²) in [6.07, 6.45) is 7.54. The zero-order valence-electron chi connectivity index (χ0n) is 18.8. The van der Waals surface area contributed by atoms with Crippen LogP contribution in [0.15, 0.2) is 42.6 Å². The zero-order chi connectivity index (χ0) is 21.8. The number of hydrogen-bond acceptors (Lipinski definition) is 4. The van der Waals surface area contributed by atoms with Crippen LogP contribution in [0, 0.1) is 5.92 Å². The molecule has 1 saturated carbocycles. The number of imidazole rings is 1. The third-order valence-electron chi connectivity index (χ3n) is 6.14. The molecule has 0 atom stereocenters. The van der Waals surface area contributed by atoms with Gasteiger partial charge in [0.1, 0.15) is 17.1 Å². The first kappa shape index (κ1) is 21.3. The highest BCUT2D eigenvalue weighted by Crippen LogP contribution is 2.33. The van der Waals surface area contributed by atoms with Crippen molar-refractivity contribution in [3.63, 3.8) is 0 Å². The van der Waals surface area contributed by atoms with Gasteiger partial charge in [-0.1, -0.05) is 26.7 Å². The molecule has 2 aromatic heterocycles. The van der Waals surface area contributed by atoms with Crippen LogP contribution in [-0.2, 0) is 6.54 Å². The van der Waals surface area contributed by atoms with E-state index in [2.05, 4.69) is 23.4 Å². The predicted molar refractivity (Wildman–Crippen MR) is 122 cm³/mol. The summed E-state index contributed by atoms with van der Waals surface area (Å²) < 4.78 is 7.54. The van der Waals surface area contributed by atoms with E-state index in [1.54, 1.807) is 7.11 Å². The standard InChI is InChI=1S/C25H32N4O2/c1-18(2)14-16-28(25(30)19-10-12-21(31-3)13-11-19)17-23-27-22-9-6-15-26-24(22)29(23)20-7-4-5-8-20/h6,9-13,15,18,20H,4-5,7-8,14,16-17H2,1-3H3. The Balaban J connectivity index is 1.67. The van der Waals surface area contributed by atoms with Crippen molar-refractivity contribution in [2.24, 2.45) is 5.92 Å². The first-order valence-corrected chi connectivity index (χ1v) is 11.3. The van der Waals surface area contributed by atoms with Gasteiger partial charge in [-0.25, -0.2) is 9.97 Å². The molecule has 0 unspecified atom stereocenters. The van der Waals surface area contributed by atoms with Gasteiger partial charge in [0.2, 0.25) is 0 Å². The fourth-order valence-corrected chi connectivity index (χ4v) is 4.39. The minimum atomic E-state index is 0.0290. The Morgan fingerprint density at radius 2 is 1.94 bits per heavy atom. The summed E-state index contributed by atoms with van der Waals surface area (Å²) in [6, 6.07) is 11.7. The maximum Gasteiger partial charge on any atom is 0.254 e. The molecule has 1 fully saturated rings. The van der Waals surface area contributed by atoms with E-state index >= 15 is 0 Å². The lowest BCUT2D eigenvalue weighted by molar-refractivity contribution is 0.0728. The smallest absolute Gasteiger partial charge is 0.254 e. The van der Waals surface area contributed by atoms with Gasteiger partial charge in [0.25, 0.3) is 5.91 Å². The largest absolute Gasteiger partial charge is 0.497 e. The quantitative estimate of drug-likeness (QED) is 0.500. The van der Waals surface area contributed by atoms with Gasteiger partial charge >= 0.3 is 0 Å². The van der Waals surface area contributed by atoms with E-state index in [9.17, 15) is 4.79 Å². The van der Waals surface area contributed by atoms with Crippen molar-refractivity contribution in [1.29, 1.82) is 0 Å². The van der Waals surface area contributed by atoms with E-state index in [0.717, 1.165) is 42.0 Å². The molecule has 0 bridgehead atoms. The van der Waals surface area contributed by atoms with Gasteiger partial charge in [-0.3, -0.25) is 4.79 Å². The molecule has 2 heterocycles. The molecule has 6 heteroatoms. The number of rotatable bonds is 8. The number of methoxy groups -OCH3 is 1. The van der Waals surface area contributed by atoms with Gasteiger partial charge < -0.3 is 14.2 Å². The molecule has 3 aromatic rings. The number of amides is 1. The minimum Gasteiger partial charge on any atom is -0.497 e. The van der Waals surface area contributed by atoms with E-state index in [4.69, 9.17) is 9.72 Å². The summed E-state index contributed by atoms with van der Waals surface area (Å²) in [5, 5.41) is 0. The van der Waals surface area contributed by atoms with Crippen molar-refractivity contribution in [3.8, 4) is 5.75 Å². The summed E-state index contributed by atoms with van der Waals surface area (Å²) in [5.41, 5.74) is 2.52. The summed E-state index contributed by atoms with van der Waals surface area (Å²) in [5.74, 6) is 2.23. The fraction of sp³-hybridized carbons (Fsp3) is 0.480. The number of pyridine rings is 1. The Labute approximate surface area is 184 Å². The van der Waals surface area contributed by atoms with E-state index in [1.165, 1.54) is 12.8 Å². The van der Waals surface area contributed by atoms with Crippen LogP contribution in [0.25, 0.3) is 11.2 Å². The molecule has 0 radical (unpaired) electrons. The normalized spacial score (nSPS) is 14.5. The van der Waals surface area contributed by atoms with Gasteiger partial charge in [-0.15, -0.1) is 0 Å². The second-order valence-electron chi connectivity index (χ2n) is 8.82. The van der Waals surface area contributed by atoms with Gasteiger partial charge in [0.05, 0.1) is 13.7 Å². The van der Waals surface area contributed by atoms with E-state index in [-0.39, 0.29) is 5.91 Å². The number of fused-ring (bicyclic) bond motifs is 1. The molecule has 6 nitrogen and oxygen atoms in total. The summed E-state index contributed by atoms with van der Waals surface area (Å²) in [6.45, 7) is 5.57. The van der Waals surface area contributed by atoms with Crippen LogP contribution in [0.2, 0.25) is 0 Å². The molecule has 1 aliphatic rings. The highest BCUT2D eigenvalue weighted by Gasteiger charge is 2.26. The lowest BCUT2D eigenvalue weighted by Gasteiger charge is -2.25. The average molecular weight is 421 g/mol. The molecule has 0 aliphatic heterocycles. The Hall–Kier alpha value is -2.89. The molecule has 164 valence electrons. The number of nitrogens with zero attached hydrogens (tertiary/aromatic N) is 4. The van der Waals surface area contributed by atoms with Gasteiger partial charge in [-0.05, 0) is 61.6 Å². The van der Waals surface area contributed by atoms with Crippen molar-refractivity contribution >= 4 is 17.1 Å². The molecule has 1 aliphatic carbocycles. The SMILES string of the molecule is COc1ccc(C(=O)N(CCC(C)C)Cc2nc3cccnc3n2C2CCCC2)cc1. The van der Waals surface area contributed by atoms with Crippen molar-refractivity contribution in [1.82, 2.24) is 19.4 Å². The number of ether oxygens (including phenoxy) is 1. The molecule has 4 rings (SSSR count). The molecule has 0 saturated heterocycles. The van der Waals surface area contributed by atoms with Crippen molar-refractivity contribution in [2.45, 2.75) is 58.5 Å². The Kier molecular flexibility index (Phi) is 6.54. The van der Waals surface area contributed by atoms with Gasteiger partial charge in [0.15, 0.2) is 5.65 Å². The lowest BCUT2D eigenvalue weighted by atomic mass is 10.1. The van der Waals surface area contributed by atoms with E-state index < -0.39 is 0 Å². The predicted octanol–water partition coefficient (Wildman–Crippen LogP) is 5.24. The first-order valence-electron chi connectivity index (χ1n) is 11.3. The average Bonchev–Trinajstić information content (AvgIpc) is 3.43. The third kappa shape index (κ3) is 4.73. The Morgan fingerprint density at radius 3 is 2.61 bits per heavy atom. The van der Waals surface area contributed by atoms with Crippen LogP contribution in [0.1, 0.15) is 68.2 Å². The monoisotopic (exact) mass is 420 g/mol. The highest BCUT2D eigenvalue weighted by atomic mass is 16.5. The number of benzene rings is 1. The fourth-order valence-electron chi connectivity index (χ4n) is 4.39. The number of aromatic nitrogens is 3. The second kappa shape index (κ2) is 9.50. The zero-order valence-corrected chi connectivity index (χ0v) is 18.8. The van der Waals surface area contributed by atoms with Gasteiger partial charge in [0, 0.05) is 24.3 Å². The molecule has 31 heavy (non-hydrogen) atoms. The number of carbonyl (C=O) groups excluding carboxylic acids is 1. The summed E-state index contributed by atoms with van der Waals surface area (Å²) in [4.78, 5) is 24.9. The van der Waals surface area contributed by atoms with Crippen LogP contribution >= 0.6 is 0 Å². The Morgan fingerprint density at radius 1 is 1.19 bits per heavy atom. The van der Waals surface area contributed by atoms with Crippen LogP contribution in [0.3, 0.4) is 0 Å². The van der Waals surface area contributed by atoms with Crippen LogP contribution in [0.4, 0.5) is 0 Å². The van der Waals surface area contributed by atoms with E-state index in [0.29, 0.717) is 30.6 Å². The highest BCUT2D eigenvalue weighted by molar-refractivity contribution is 5.94.